The Labute approximate surface area is 212 Å². The number of imidazole rings is 1. The lowest BCUT2D eigenvalue weighted by molar-refractivity contribution is -0.384. The Kier molecular flexibility index (Phi) is 5.70. The second kappa shape index (κ2) is 8.92. The second-order valence-electron chi connectivity index (χ2n) is 10.6. The number of rotatable bonds is 7. The van der Waals surface area contributed by atoms with E-state index in [0.717, 1.165) is 19.3 Å². The van der Waals surface area contributed by atoms with Gasteiger partial charge in [-0.05, 0) is 80.5 Å². The summed E-state index contributed by atoms with van der Waals surface area (Å²) < 4.78 is 0. The lowest BCUT2D eigenvalue weighted by Crippen LogP contribution is -2.51. The number of H-pyrrole nitrogens is 1. The minimum absolute atomic E-state index is 0.0180. The van der Waals surface area contributed by atoms with Crippen LogP contribution in [-0.2, 0) is 9.59 Å². The normalized spacial score (nSPS) is 26.2. The van der Waals surface area contributed by atoms with Crippen molar-refractivity contribution in [1.29, 1.82) is 0 Å². The van der Waals surface area contributed by atoms with Gasteiger partial charge in [0.15, 0.2) is 5.16 Å². The number of hydrogen-bond acceptors (Lipinski definition) is 6. The lowest BCUT2D eigenvalue weighted by Gasteiger charge is -2.55. The topological polar surface area (TPSA) is 130 Å². The van der Waals surface area contributed by atoms with Crippen molar-refractivity contribution in [2.24, 2.45) is 23.2 Å². The molecule has 4 aliphatic rings. The van der Waals surface area contributed by atoms with Gasteiger partial charge in [-0.3, -0.25) is 19.7 Å². The van der Waals surface area contributed by atoms with Gasteiger partial charge >= 0.3 is 0 Å². The molecule has 0 spiro atoms. The maximum atomic E-state index is 13.3. The van der Waals surface area contributed by atoms with E-state index in [1.165, 1.54) is 43.2 Å². The molecule has 0 radical (unpaired) electrons. The fourth-order valence-electron chi connectivity index (χ4n) is 6.81. The number of nitro groups is 1. The summed E-state index contributed by atoms with van der Waals surface area (Å²) in [5.41, 5.74) is 2.22. The molecule has 1 aromatic heterocycles. The van der Waals surface area contributed by atoms with Crippen LogP contribution in [0.1, 0.15) is 38.5 Å². The van der Waals surface area contributed by atoms with Crippen molar-refractivity contribution in [3.8, 4) is 0 Å². The van der Waals surface area contributed by atoms with Gasteiger partial charge < -0.3 is 15.6 Å². The summed E-state index contributed by atoms with van der Waals surface area (Å²) in [5, 5.41) is 17.5. The molecule has 3 aromatic rings. The number of anilines is 2. The van der Waals surface area contributed by atoms with E-state index in [2.05, 4.69) is 20.6 Å². The molecule has 4 saturated carbocycles. The number of carbonyl (C=O) groups excluding carboxylic acids is 2. The summed E-state index contributed by atoms with van der Waals surface area (Å²) in [6.45, 7) is 0. The molecule has 186 valence electrons. The first-order valence-electron chi connectivity index (χ1n) is 12.3. The molecule has 10 heteroatoms. The summed E-state index contributed by atoms with van der Waals surface area (Å²) >= 11 is 1.22. The lowest BCUT2D eigenvalue weighted by atomic mass is 9.49. The molecule has 36 heavy (non-hydrogen) atoms. The molecule has 9 nitrogen and oxygen atoms in total. The molecule has 2 aromatic carbocycles. The van der Waals surface area contributed by atoms with E-state index in [4.69, 9.17) is 0 Å². The van der Waals surface area contributed by atoms with E-state index in [1.54, 1.807) is 18.2 Å². The molecule has 4 fully saturated rings. The molecule has 1 heterocycles. The number of fused-ring (bicyclic) bond motifs is 1. The Bertz CT molecular complexity index is 1330. The van der Waals surface area contributed by atoms with Crippen LogP contribution >= 0.6 is 11.8 Å². The summed E-state index contributed by atoms with van der Waals surface area (Å²) in [6.07, 6.45) is 6.90. The molecule has 0 atom stereocenters. The van der Waals surface area contributed by atoms with Crippen LogP contribution in [0.25, 0.3) is 11.0 Å². The van der Waals surface area contributed by atoms with Crippen LogP contribution in [0.2, 0.25) is 0 Å². The molecular weight excluding hydrogens is 478 g/mol. The van der Waals surface area contributed by atoms with Crippen LogP contribution in [0.4, 0.5) is 17.1 Å². The number of amides is 2. The number of carbonyl (C=O) groups is 2. The Morgan fingerprint density at radius 3 is 2.36 bits per heavy atom. The molecule has 0 aliphatic heterocycles. The number of aromatic nitrogens is 2. The average Bonchev–Trinajstić information content (AvgIpc) is 3.24. The summed E-state index contributed by atoms with van der Waals surface area (Å²) in [5.74, 6) is 2.14. The first kappa shape index (κ1) is 23.0. The average molecular weight is 506 g/mol. The number of nitrogens with zero attached hydrogens (tertiary/aromatic N) is 2. The fourth-order valence-corrected chi connectivity index (χ4v) is 7.50. The summed E-state index contributed by atoms with van der Waals surface area (Å²) in [6, 6.07) is 11.7. The Balaban J connectivity index is 1.06. The van der Waals surface area contributed by atoms with Crippen LogP contribution in [0, 0.1) is 33.3 Å². The van der Waals surface area contributed by atoms with Crippen molar-refractivity contribution in [3.05, 3.63) is 52.6 Å². The van der Waals surface area contributed by atoms with Gasteiger partial charge in [0.2, 0.25) is 11.8 Å². The van der Waals surface area contributed by atoms with Gasteiger partial charge in [-0.2, -0.15) is 0 Å². The largest absolute Gasteiger partial charge is 0.333 e. The van der Waals surface area contributed by atoms with E-state index in [1.807, 2.05) is 12.1 Å². The number of nitrogens with one attached hydrogen (secondary N) is 3. The highest BCUT2D eigenvalue weighted by atomic mass is 32.2. The molecule has 0 unspecified atom stereocenters. The highest BCUT2D eigenvalue weighted by Crippen LogP contribution is 2.60. The van der Waals surface area contributed by atoms with Gasteiger partial charge in [-0.1, -0.05) is 17.8 Å². The van der Waals surface area contributed by atoms with E-state index in [0.29, 0.717) is 45.3 Å². The van der Waals surface area contributed by atoms with Gasteiger partial charge in [0.25, 0.3) is 5.69 Å². The molecule has 2 amide bonds. The monoisotopic (exact) mass is 505 g/mol. The molecule has 3 N–H and O–H groups in total. The molecule has 4 bridgehead atoms. The van der Waals surface area contributed by atoms with Crippen molar-refractivity contribution in [2.75, 3.05) is 16.4 Å². The number of hydrogen-bond donors (Lipinski definition) is 3. The van der Waals surface area contributed by atoms with Crippen molar-refractivity contribution in [3.63, 3.8) is 0 Å². The summed E-state index contributed by atoms with van der Waals surface area (Å²) in [4.78, 5) is 43.8. The number of aromatic amines is 1. The Morgan fingerprint density at radius 2 is 1.69 bits per heavy atom. The zero-order valence-electron chi connectivity index (χ0n) is 19.7. The van der Waals surface area contributed by atoms with Crippen LogP contribution in [0.5, 0.6) is 0 Å². The highest BCUT2D eigenvalue weighted by molar-refractivity contribution is 7.99. The standard InChI is InChI=1S/C26H27N5O4S/c32-23(14-36-25-29-21-5-4-20(31(34)35)10-22(21)30-25)27-18-2-1-3-19(9-18)28-24(33)26-11-15-6-16(12-26)8-17(7-15)13-26/h1-5,9-10,15-17H,6-8,11-14H2,(H,27,32)(H,28,33)(H,29,30). The number of thioether (sulfide) groups is 1. The van der Waals surface area contributed by atoms with Gasteiger partial charge in [0, 0.05) is 23.5 Å². The van der Waals surface area contributed by atoms with Crippen molar-refractivity contribution in [2.45, 2.75) is 43.7 Å². The maximum absolute atomic E-state index is 13.3. The minimum Gasteiger partial charge on any atom is -0.333 e. The molecule has 7 rings (SSSR count). The predicted molar refractivity (Wildman–Crippen MR) is 138 cm³/mol. The van der Waals surface area contributed by atoms with Crippen molar-refractivity contribution < 1.29 is 14.5 Å². The quantitative estimate of drug-likeness (QED) is 0.225. The predicted octanol–water partition coefficient (Wildman–Crippen LogP) is 5.36. The Morgan fingerprint density at radius 1 is 1.03 bits per heavy atom. The smallest absolute Gasteiger partial charge is 0.271 e. The zero-order chi connectivity index (χ0) is 24.9. The van der Waals surface area contributed by atoms with Crippen LogP contribution < -0.4 is 10.6 Å². The van der Waals surface area contributed by atoms with Crippen LogP contribution in [-0.4, -0.2) is 32.5 Å². The third-order valence-electron chi connectivity index (χ3n) is 7.92. The van der Waals surface area contributed by atoms with Gasteiger partial charge in [-0.15, -0.1) is 0 Å². The van der Waals surface area contributed by atoms with Gasteiger partial charge in [0.1, 0.15) is 0 Å². The van der Waals surface area contributed by atoms with Crippen LogP contribution in [0.15, 0.2) is 47.6 Å². The fraction of sp³-hybridized carbons (Fsp3) is 0.423. The molecule has 0 saturated heterocycles. The Hall–Kier alpha value is -3.40. The minimum atomic E-state index is -0.458. The van der Waals surface area contributed by atoms with Gasteiger partial charge in [0.05, 0.1) is 27.1 Å². The first-order valence-corrected chi connectivity index (χ1v) is 13.3. The molecular formula is C26H27N5O4S. The third kappa shape index (κ3) is 4.45. The number of non-ortho nitro benzene ring substituents is 1. The van der Waals surface area contributed by atoms with E-state index < -0.39 is 4.92 Å². The maximum Gasteiger partial charge on any atom is 0.271 e. The van der Waals surface area contributed by atoms with Crippen LogP contribution in [0.3, 0.4) is 0 Å². The first-order chi connectivity index (χ1) is 17.3. The number of benzene rings is 2. The van der Waals surface area contributed by atoms with Crippen molar-refractivity contribution in [1.82, 2.24) is 9.97 Å². The zero-order valence-corrected chi connectivity index (χ0v) is 20.5. The number of nitro benzene ring substituents is 1. The SMILES string of the molecule is O=C(CSc1nc2ccc([N+](=O)[O-])cc2[nH]1)Nc1cccc(NC(=O)C23CC4CC(CC(C4)C2)C3)c1. The van der Waals surface area contributed by atoms with E-state index in [9.17, 15) is 19.7 Å². The van der Waals surface area contributed by atoms with E-state index in [-0.39, 0.29) is 28.7 Å². The second-order valence-corrected chi connectivity index (χ2v) is 11.5. The van der Waals surface area contributed by atoms with Gasteiger partial charge in [-0.25, -0.2) is 4.98 Å². The van der Waals surface area contributed by atoms with E-state index >= 15 is 0 Å². The van der Waals surface area contributed by atoms with Crippen molar-refractivity contribution >= 4 is 51.7 Å². The third-order valence-corrected chi connectivity index (χ3v) is 8.79. The summed E-state index contributed by atoms with van der Waals surface area (Å²) in [7, 11) is 0. The highest BCUT2D eigenvalue weighted by Gasteiger charge is 2.54. The molecule has 4 aliphatic carbocycles.